The lowest BCUT2D eigenvalue weighted by atomic mass is 10.2. The maximum Gasteiger partial charge on any atom is 0.273 e. The van der Waals surface area contributed by atoms with Gasteiger partial charge < -0.3 is 10.2 Å². The Morgan fingerprint density at radius 1 is 1.23 bits per heavy atom. The second-order valence-electron chi connectivity index (χ2n) is 5.83. The summed E-state index contributed by atoms with van der Waals surface area (Å²) in [4.78, 5) is 27.4. The average molecular weight is 378 g/mol. The van der Waals surface area contributed by atoms with E-state index in [1.54, 1.807) is 30.0 Å². The minimum Gasteiger partial charge on any atom is -0.351 e. The van der Waals surface area contributed by atoms with Crippen LogP contribution in [0.5, 0.6) is 0 Å². The van der Waals surface area contributed by atoms with E-state index in [1.807, 2.05) is 19.9 Å². The summed E-state index contributed by atoms with van der Waals surface area (Å²) in [5.74, 6) is -0.196. The molecule has 0 saturated carbocycles. The molecule has 1 aromatic carbocycles. The maximum absolute atomic E-state index is 12.3. The first-order valence-corrected chi connectivity index (χ1v) is 9.09. The molecule has 1 heterocycles. The van der Waals surface area contributed by atoms with Crippen molar-refractivity contribution in [2.24, 2.45) is 0 Å². The molecule has 26 heavy (non-hydrogen) atoms. The van der Waals surface area contributed by atoms with Crippen molar-refractivity contribution in [3.63, 3.8) is 0 Å². The molecule has 0 unspecified atom stereocenters. The Bertz CT molecular complexity index is 771. The minimum absolute atomic E-state index is 0.104. The van der Waals surface area contributed by atoms with Gasteiger partial charge in [-0.1, -0.05) is 17.7 Å². The number of carbonyl (C=O) groups is 2. The van der Waals surface area contributed by atoms with Crippen molar-refractivity contribution in [1.82, 2.24) is 25.2 Å². The van der Waals surface area contributed by atoms with Crippen molar-refractivity contribution in [3.8, 4) is 5.69 Å². The van der Waals surface area contributed by atoms with Gasteiger partial charge >= 0.3 is 0 Å². The van der Waals surface area contributed by atoms with Crippen molar-refractivity contribution in [2.45, 2.75) is 33.6 Å². The molecule has 140 valence electrons. The molecule has 0 radical (unpaired) electrons. The highest BCUT2D eigenvalue weighted by atomic mass is 35.5. The highest BCUT2D eigenvalue weighted by Gasteiger charge is 2.16. The zero-order chi connectivity index (χ0) is 19.1. The Hall–Kier alpha value is -2.41. The summed E-state index contributed by atoms with van der Waals surface area (Å²) < 4.78 is 0. The molecule has 0 aliphatic heterocycles. The van der Waals surface area contributed by atoms with Crippen molar-refractivity contribution in [3.05, 3.63) is 40.7 Å². The van der Waals surface area contributed by atoms with E-state index in [4.69, 9.17) is 11.6 Å². The number of benzene rings is 1. The zero-order valence-electron chi connectivity index (χ0n) is 15.3. The third kappa shape index (κ3) is 5.05. The predicted octanol–water partition coefficient (Wildman–Crippen LogP) is 2.61. The maximum atomic E-state index is 12.3. The first-order valence-electron chi connectivity index (χ1n) is 8.72. The van der Waals surface area contributed by atoms with E-state index in [9.17, 15) is 9.59 Å². The lowest BCUT2D eigenvalue weighted by molar-refractivity contribution is -0.130. The number of amides is 2. The number of aryl methyl sites for hydroxylation is 1. The molecule has 0 saturated heterocycles. The second-order valence-corrected chi connectivity index (χ2v) is 6.27. The SMILES string of the molecule is CCN(CC)C(=O)CCCNC(=O)c1nn(-c2cccc(Cl)c2)nc1C. The Balaban J connectivity index is 1.91. The molecule has 7 nitrogen and oxygen atoms in total. The van der Waals surface area contributed by atoms with Crippen molar-refractivity contribution < 1.29 is 9.59 Å². The molecule has 0 atom stereocenters. The number of nitrogens with zero attached hydrogens (tertiary/aromatic N) is 4. The van der Waals surface area contributed by atoms with Gasteiger partial charge in [-0.2, -0.15) is 9.90 Å². The van der Waals surface area contributed by atoms with Gasteiger partial charge in [-0.25, -0.2) is 0 Å². The third-order valence-electron chi connectivity index (χ3n) is 4.01. The van der Waals surface area contributed by atoms with Gasteiger partial charge in [-0.3, -0.25) is 9.59 Å². The zero-order valence-corrected chi connectivity index (χ0v) is 16.1. The van der Waals surface area contributed by atoms with Gasteiger partial charge in [0, 0.05) is 31.1 Å². The number of hydrogen-bond acceptors (Lipinski definition) is 4. The van der Waals surface area contributed by atoms with E-state index in [0.717, 1.165) is 0 Å². The van der Waals surface area contributed by atoms with Crippen molar-refractivity contribution in [1.29, 1.82) is 0 Å². The van der Waals surface area contributed by atoms with Crippen LogP contribution in [0.3, 0.4) is 0 Å². The van der Waals surface area contributed by atoms with Crippen LogP contribution in [0.25, 0.3) is 5.69 Å². The van der Waals surface area contributed by atoms with Crippen LogP contribution in [0, 0.1) is 6.92 Å². The number of carbonyl (C=O) groups excluding carboxylic acids is 2. The van der Waals surface area contributed by atoms with Gasteiger partial charge in [-0.15, -0.1) is 5.10 Å². The number of halogens is 1. The van der Waals surface area contributed by atoms with Crippen LogP contribution in [0.4, 0.5) is 0 Å². The van der Waals surface area contributed by atoms with Crippen LogP contribution in [0.2, 0.25) is 5.02 Å². The van der Waals surface area contributed by atoms with Gasteiger partial charge in [0.15, 0.2) is 5.69 Å². The largest absolute Gasteiger partial charge is 0.351 e. The fraction of sp³-hybridized carbons (Fsp3) is 0.444. The normalized spacial score (nSPS) is 10.6. The summed E-state index contributed by atoms with van der Waals surface area (Å²) in [6, 6.07) is 7.09. The van der Waals surface area contributed by atoms with Crippen LogP contribution >= 0.6 is 11.6 Å². The lowest BCUT2D eigenvalue weighted by Gasteiger charge is -2.18. The molecule has 0 bridgehead atoms. The molecule has 0 spiro atoms. The highest BCUT2D eigenvalue weighted by molar-refractivity contribution is 6.30. The van der Waals surface area contributed by atoms with E-state index in [2.05, 4.69) is 15.5 Å². The molecule has 8 heteroatoms. The van der Waals surface area contributed by atoms with Gasteiger partial charge in [0.25, 0.3) is 5.91 Å². The average Bonchev–Trinajstić information content (AvgIpc) is 3.01. The molecule has 0 aliphatic rings. The molecule has 0 fully saturated rings. The molecule has 2 rings (SSSR count). The van der Waals surface area contributed by atoms with Crippen molar-refractivity contribution >= 4 is 23.4 Å². The minimum atomic E-state index is -0.300. The highest BCUT2D eigenvalue weighted by Crippen LogP contribution is 2.14. The summed E-state index contributed by atoms with van der Waals surface area (Å²) in [5.41, 5.74) is 1.48. The Morgan fingerprint density at radius 3 is 2.62 bits per heavy atom. The van der Waals surface area contributed by atoms with Crippen LogP contribution in [0.1, 0.15) is 42.9 Å². The monoisotopic (exact) mass is 377 g/mol. The molecule has 1 aromatic heterocycles. The van der Waals surface area contributed by atoms with Gasteiger partial charge in [-0.05, 0) is 45.4 Å². The molecule has 2 aromatic rings. The number of rotatable bonds is 8. The Kier molecular flexibility index (Phi) is 7.15. The number of hydrogen-bond donors (Lipinski definition) is 1. The summed E-state index contributed by atoms with van der Waals surface area (Å²) in [7, 11) is 0. The fourth-order valence-corrected chi connectivity index (χ4v) is 2.75. The van der Waals surface area contributed by atoms with E-state index in [1.165, 1.54) is 4.80 Å². The van der Waals surface area contributed by atoms with Crippen LogP contribution in [-0.4, -0.2) is 51.3 Å². The summed E-state index contributed by atoms with van der Waals surface area (Å²) in [6.07, 6.45) is 0.999. The third-order valence-corrected chi connectivity index (χ3v) is 4.24. The van der Waals surface area contributed by atoms with Gasteiger partial charge in [0.05, 0.1) is 11.4 Å². The molecule has 1 N–H and O–H groups in total. The molecular weight excluding hydrogens is 354 g/mol. The van der Waals surface area contributed by atoms with Gasteiger partial charge in [0.1, 0.15) is 0 Å². The molecule has 2 amide bonds. The van der Waals surface area contributed by atoms with E-state index < -0.39 is 0 Å². The Morgan fingerprint density at radius 2 is 1.96 bits per heavy atom. The van der Waals surface area contributed by atoms with Crippen LogP contribution in [-0.2, 0) is 4.79 Å². The van der Waals surface area contributed by atoms with Crippen LogP contribution < -0.4 is 5.32 Å². The van der Waals surface area contributed by atoms with E-state index in [-0.39, 0.29) is 17.5 Å². The van der Waals surface area contributed by atoms with Crippen LogP contribution in [0.15, 0.2) is 24.3 Å². The summed E-state index contributed by atoms with van der Waals surface area (Å²) in [6.45, 7) is 7.45. The standard InChI is InChI=1S/C18H24ClN5O2/c1-4-23(5-2)16(25)10-7-11-20-18(26)17-13(3)21-24(22-17)15-9-6-8-14(19)12-15/h6,8-9,12H,4-5,7,10-11H2,1-3H3,(H,20,26). The smallest absolute Gasteiger partial charge is 0.273 e. The van der Waals surface area contributed by atoms with Gasteiger partial charge in [0.2, 0.25) is 5.91 Å². The number of nitrogens with one attached hydrogen (secondary N) is 1. The quantitative estimate of drug-likeness (QED) is 0.717. The lowest BCUT2D eigenvalue weighted by Crippen LogP contribution is -2.31. The Labute approximate surface area is 158 Å². The second kappa shape index (κ2) is 9.33. The first-order chi connectivity index (χ1) is 12.5. The predicted molar refractivity (Wildman–Crippen MR) is 101 cm³/mol. The fourth-order valence-electron chi connectivity index (χ4n) is 2.56. The van der Waals surface area contributed by atoms with Crippen molar-refractivity contribution in [2.75, 3.05) is 19.6 Å². The topological polar surface area (TPSA) is 80.1 Å². The molecule has 0 aliphatic carbocycles. The van der Waals surface area contributed by atoms with E-state index in [0.29, 0.717) is 48.9 Å². The molecular formula is C18H24ClN5O2. The first kappa shape index (κ1) is 19.9. The summed E-state index contributed by atoms with van der Waals surface area (Å²) >= 11 is 5.98. The number of aromatic nitrogens is 3. The van der Waals surface area contributed by atoms with E-state index >= 15 is 0 Å². The summed E-state index contributed by atoms with van der Waals surface area (Å²) in [5, 5.41) is 11.9.